The summed E-state index contributed by atoms with van der Waals surface area (Å²) in [5.74, 6) is 6.49. The van der Waals surface area contributed by atoms with Crippen molar-refractivity contribution < 1.29 is 4.74 Å². The quantitative estimate of drug-likeness (QED) is 0.511. The average molecular weight is 126 g/mol. The van der Waals surface area contributed by atoms with E-state index in [2.05, 4.69) is 25.7 Å². The summed E-state index contributed by atoms with van der Waals surface area (Å²) in [6, 6.07) is 0. The number of rotatable bonds is 2. The molecule has 0 aliphatic heterocycles. The maximum Gasteiger partial charge on any atom is 0.107 e. The van der Waals surface area contributed by atoms with Gasteiger partial charge in [-0.2, -0.15) is 0 Å². The van der Waals surface area contributed by atoms with E-state index in [1.165, 1.54) is 0 Å². The first-order valence-corrected chi connectivity index (χ1v) is 3.28. The summed E-state index contributed by atoms with van der Waals surface area (Å²) in [5.41, 5.74) is 0. The highest BCUT2D eigenvalue weighted by Gasteiger charge is 1.87. The van der Waals surface area contributed by atoms with Crippen LogP contribution in [0.4, 0.5) is 0 Å². The van der Waals surface area contributed by atoms with Gasteiger partial charge in [0.05, 0.1) is 0 Å². The van der Waals surface area contributed by atoms with Gasteiger partial charge in [-0.3, -0.25) is 0 Å². The highest BCUT2D eigenvalue weighted by atomic mass is 16.5. The van der Waals surface area contributed by atoms with E-state index in [9.17, 15) is 0 Å². The molecule has 0 radical (unpaired) electrons. The van der Waals surface area contributed by atoms with Crippen molar-refractivity contribution in [1.29, 1.82) is 0 Å². The molecule has 1 heteroatoms. The first kappa shape index (κ1) is 8.52. The predicted molar refractivity (Wildman–Crippen MR) is 39.1 cm³/mol. The Bertz CT molecular complexity index is 107. The molecule has 0 bridgehead atoms. The van der Waals surface area contributed by atoms with Crippen LogP contribution in [0.1, 0.15) is 20.3 Å². The molecule has 0 aromatic rings. The second kappa shape index (κ2) is 5.65. The Kier molecular flexibility index (Phi) is 5.35. The van der Waals surface area contributed by atoms with Crippen molar-refractivity contribution in [3.05, 3.63) is 0 Å². The first-order chi connectivity index (χ1) is 4.31. The molecule has 0 saturated carbocycles. The maximum absolute atomic E-state index is 4.76. The molecule has 0 fully saturated rings. The van der Waals surface area contributed by atoms with Gasteiger partial charge in [-0.05, 0) is 6.42 Å². The van der Waals surface area contributed by atoms with Crippen LogP contribution in [0, 0.1) is 17.8 Å². The summed E-state index contributed by atoms with van der Waals surface area (Å²) < 4.78 is 4.76. The molecule has 0 heterocycles. The average Bonchev–Trinajstić information content (AvgIpc) is 1.89. The molecule has 0 rings (SSSR count). The molecule has 0 spiro atoms. The number of hydrogen-bond acceptors (Lipinski definition) is 1. The molecular formula is C8H14O. The zero-order valence-corrected chi connectivity index (χ0v) is 6.40. The molecule has 1 nitrogen and oxygen atoms in total. The topological polar surface area (TPSA) is 9.23 Å². The number of hydrogen-bond donors (Lipinski definition) is 0. The fourth-order valence-electron chi connectivity index (χ4n) is 0.390. The summed E-state index contributed by atoms with van der Waals surface area (Å²) in [5, 5.41) is 0. The molecule has 0 aliphatic rings. The molecule has 52 valence electrons. The molecule has 0 aliphatic carbocycles. The standard InChI is InChI=1S/C8H14O/c1-4-8(2)6-5-7-9-3/h8H,4,7H2,1-3H3/t8-/m0/s1. The molecule has 0 amide bonds. The monoisotopic (exact) mass is 126 g/mol. The summed E-state index contributed by atoms with van der Waals surface area (Å²) in [7, 11) is 1.66. The molecule has 0 unspecified atom stereocenters. The van der Waals surface area contributed by atoms with Crippen LogP contribution in [0.3, 0.4) is 0 Å². The molecule has 0 aromatic carbocycles. The van der Waals surface area contributed by atoms with Gasteiger partial charge < -0.3 is 4.74 Å². The van der Waals surface area contributed by atoms with E-state index in [-0.39, 0.29) is 0 Å². The van der Waals surface area contributed by atoms with Crippen LogP contribution in [0.15, 0.2) is 0 Å². The highest BCUT2D eigenvalue weighted by molar-refractivity contribution is 5.02. The SMILES string of the molecule is CC[C@H](C)C#CCOC. The lowest BCUT2D eigenvalue weighted by Gasteiger charge is -1.93. The molecule has 9 heavy (non-hydrogen) atoms. The second-order valence-electron chi connectivity index (χ2n) is 2.06. The normalized spacial score (nSPS) is 11.9. The number of ether oxygens (including phenoxy) is 1. The fourth-order valence-corrected chi connectivity index (χ4v) is 0.390. The van der Waals surface area contributed by atoms with Crippen molar-refractivity contribution in [2.24, 2.45) is 5.92 Å². The Hall–Kier alpha value is -0.480. The van der Waals surface area contributed by atoms with E-state index >= 15 is 0 Å². The highest BCUT2D eigenvalue weighted by Crippen LogP contribution is 1.95. The van der Waals surface area contributed by atoms with Crippen LogP contribution >= 0.6 is 0 Å². The molecular weight excluding hydrogens is 112 g/mol. The summed E-state index contributed by atoms with van der Waals surface area (Å²) >= 11 is 0. The zero-order chi connectivity index (χ0) is 7.11. The third kappa shape index (κ3) is 5.39. The van der Waals surface area contributed by atoms with E-state index in [1.54, 1.807) is 7.11 Å². The van der Waals surface area contributed by atoms with Crippen molar-refractivity contribution in [2.45, 2.75) is 20.3 Å². The maximum atomic E-state index is 4.76. The lowest BCUT2D eigenvalue weighted by Crippen LogP contribution is -1.87. The Labute approximate surface area is 57.4 Å². The summed E-state index contributed by atoms with van der Waals surface area (Å²) in [4.78, 5) is 0. The van der Waals surface area contributed by atoms with Crippen LogP contribution in [0.25, 0.3) is 0 Å². The second-order valence-corrected chi connectivity index (χ2v) is 2.06. The van der Waals surface area contributed by atoms with E-state index in [0.29, 0.717) is 12.5 Å². The predicted octanol–water partition coefficient (Wildman–Crippen LogP) is 1.68. The van der Waals surface area contributed by atoms with Gasteiger partial charge in [-0.25, -0.2) is 0 Å². The van der Waals surface area contributed by atoms with Crippen molar-refractivity contribution >= 4 is 0 Å². The van der Waals surface area contributed by atoms with Crippen LogP contribution < -0.4 is 0 Å². The lowest BCUT2D eigenvalue weighted by atomic mass is 10.1. The Balaban J connectivity index is 3.33. The van der Waals surface area contributed by atoms with Crippen molar-refractivity contribution in [1.82, 2.24) is 0 Å². The van der Waals surface area contributed by atoms with Gasteiger partial charge in [-0.1, -0.05) is 25.7 Å². The van der Waals surface area contributed by atoms with Crippen LogP contribution in [-0.4, -0.2) is 13.7 Å². The van der Waals surface area contributed by atoms with Crippen molar-refractivity contribution in [3.63, 3.8) is 0 Å². The zero-order valence-electron chi connectivity index (χ0n) is 6.40. The fraction of sp³-hybridized carbons (Fsp3) is 0.750. The van der Waals surface area contributed by atoms with E-state index in [4.69, 9.17) is 4.74 Å². The van der Waals surface area contributed by atoms with Crippen LogP contribution in [0.5, 0.6) is 0 Å². The summed E-state index contributed by atoms with van der Waals surface area (Å²) in [6.45, 7) is 4.80. The first-order valence-electron chi connectivity index (χ1n) is 3.28. The minimum absolute atomic E-state index is 0.514. The van der Waals surface area contributed by atoms with Crippen LogP contribution in [0.2, 0.25) is 0 Å². The molecule has 0 N–H and O–H groups in total. The van der Waals surface area contributed by atoms with Crippen LogP contribution in [-0.2, 0) is 4.74 Å². The Morgan fingerprint density at radius 3 is 2.67 bits per heavy atom. The Morgan fingerprint density at radius 2 is 2.22 bits per heavy atom. The van der Waals surface area contributed by atoms with Gasteiger partial charge >= 0.3 is 0 Å². The third-order valence-electron chi connectivity index (χ3n) is 1.18. The molecule has 1 atom stereocenters. The van der Waals surface area contributed by atoms with E-state index < -0.39 is 0 Å². The molecule has 0 aromatic heterocycles. The van der Waals surface area contributed by atoms with Crippen molar-refractivity contribution in [2.75, 3.05) is 13.7 Å². The van der Waals surface area contributed by atoms with Crippen molar-refractivity contribution in [3.8, 4) is 11.8 Å². The number of methoxy groups -OCH3 is 1. The van der Waals surface area contributed by atoms with Gasteiger partial charge in [0.25, 0.3) is 0 Å². The van der Waals surface area contributed by atoms with Gasteiger partial charge in [0, 0.05) is 13.0 Å². The minimum Gasteiger partial charge on any atom is -0.372 e. The molecule has 0 saturated heterocycles. The van der Waals surface area contributed by atoms with Gasteiger partial charge in [0.2, 0.25) is 0 Å². The van der Waals surface area contributed by atoms with E-state index in [0.717, 1.165) is 6.42 Å². The largest absolute Gasteiger partial charge is 0.372 e. The minimum atomic E-state index is 0.514. The van der Waals surface area contributed by atoms with E-state index in [1.807, 2.05) is 0 Å². The van der Waals surface area contributed by atoms with Gasteiger partial charge in [0.15, 0.2) is 0 Å². The Morgan fingerprint density at radius 1 is 1.56 bits per heavy atom. The van der Waals surface area contributed by atoms with Gasteiger partial charge in [-0.15, -0.1) is 0 Å². The summed E-state index contributed by atoms with van der Waals surface area (Å²) in [6.07, 6.45) is 1.12. The smallest absolute Gasteiger partial charge is 0.107 e. The van der Waals surface area contributed by atoms with Gasteiger partial charge in [0.1, 0.15) is 6.61 Å². The lowest BCUT2D eigenvalue weighted by molar-refractivity contribution is 0.239. The third-order valence-corrected chi connectivity index (χ3v) is 1.18.